The van der Waals surface area contributed by atoms with Crippen LogP contribution in [0, 0.1) is 0 Å². The van der Waals surface area contributed by atoms with Crippen LogP contribution in [0.15, 0.2) is 11.8 Å². The lowest BCUT2D eigenvalue weighted by molar-refractivity contribution is 0.869. The molecule has 0 atom stereocenters. The van der Waals surface area contributed by atoms with Crippen LogP contribution >= 0.6 is 0 Å². The summed E-state index contributed by atoms with van der Waals surface area (Å²) in [6.45, 7) is 9.45. The second kappa shape index (κ2) is 6.47. The van der Waals surface area contributed by atoms with Crippen molar-refractivity contribution < 1.29 is 0 Å². The molecule has 0 nitrogen and oxygen atoms in total. The molecule has 0 bridgehead atoms. The van der Waals surface area contributed by atoms with Crippen LogP contribution in [-0.2, 0) is 0 Å². The number of hydrogen-bond acceptors (Lipinski definition) is 0. The normalized spacial score (nSPS) is 12.7. The summed E-state index contributed by atoms with van der Waals surface area (Å²) in [7, 11) is -0.942. The van der Waals surface area contributed by atoms with Gasteiger partial charge in [0.05, 0.1) is 8.07 Å². The zero-order valence-electron chi connectivity index (χ0n) is 9.19. The largest absolute Gasteiger partial charge is 0.0986 e. The summed E-state index contributed by atoms with van der Waals surface area (Å²) in [4.78, 5) is 0. The minimum atomic E-state index is -0.942. The SMILES string of the molecule is CCC/C=C/[Si](C)(C)CCCC. The molecule has 0 aromatic carbocycles. The molecule has 12 heavy (non-hydrogen) atoms. The zero-order chi connectivity index (χ0) is 9.45. The van der Waals surface area contributed by atoms with Gasteiger partial charge in [0.15, 0.2) is 0 Å². The molecule has 0 aliphatic carbocycles. The van der Waals surface area contributed by atoms with Crippen molar-refractivity contribution in [3.8, 4) is 0 Å². The van der Waals surface area contributed by atoms with Crippen molar-refractivity contribution in [2.24, 2.45) is 0 Å². The molecule has 0 amide bonds. The van der Waals surface area contributed by atoms with Gasteiger partial charge in [-0.1, -0.05) is 64.0 Å². The zero-order valence-corrected chi connectivity index (χ0v) is 10.2. The molecule has 0 spiro atoms. The van der Waals surface area contributed by atoms with Gasteiger partial charge in [-0.2, -0.15) is 0 Å². The Kier molecular flexibility index (Phi) is 6.45. The minimum absolute atomic E-state index is 0.942. The fourth-order valence-corrected chi connectivity index (χ4v) is 3.52. The van der Waals surface area contributed by atoms with E-state index in [0.717, 1.165) is 0 Å². The molecule has 0 aliphatic rings. The Labute approximate surface area is 79.1 Å². The molecular formula is C11H24Si. The highest BCUT2D eigenvalue weighted by atomic mass is 28.3. The van der Waals surface area contributed by atoms with Gasteiger partial charge in [0.2, 0.25) is 0 Å². The maximum absolute atomic E-state index is 2.52. The van der Waals surface area contributed by atoms with Gasteiger partial charge in [-0.15, -0.1) is 0 Å². The Morgan fingerprint density at radius 3 is 2.25 bits per heavy atom. The van der Waals surface area contributed by atoms with Crippen LogP contribution in [0.1, 0.15) is 39.5 Å². The Morgan fingerprint density at radius 2 is 1.75 bits per heavy atom. The molecule has 0 aromatic heterocycles. The van der Waals surface area contributed by atoms with E-state index in [-0.39, 0.29) is 0 Å². The molecule has 1 heteroatoms. The third kappa shape index (κ3) is 6.65. The average Bonchev–Trinajstić information content (AvgIpc) is 2.01. The maximum Gasteiger partial charge on any atom is 0.0713 e. The van der Waals surface area contributed by atoms with Crippen molar-refractivity contribution in [1.82, 2.24) is 0 Å². The predicted octanol–water partition coefficient (Wildman–Crippen LogP) is 4.39. The van der Waals surface area contributed by atoms with E-state index in [4.69, 9.17) is 0 Å². The smallest absolute Gasteiger partial charge is 0.0713 e. The first-order chi connectivity index (χ1) is 5.62. The maximum atomic E-state index is 2.52. The van der Waals surface area contributed by atoms with Crippen LogP contribution in [0.25, 0.3) is 0 Å². The number of allylic oxidation sites excluding steroid dienone is 1. The van der Waals surface area contributed by atoms with Gasteiger partial charge < -0.3 is 0 Å². The summed E-state index contributed by atoms with van der Waals surface area (Å²) >= 11 is 0. The first-order valence-electron chi connectivity index (χ1n) is 5.30. The third-order valence-corrected chi connectivity index (χ3v) is 4.98. The van der Waals surface area contributed by atoms with E-state index >= 15 is 0 Å². The number of hydrogen-bond donors (Lipinski definition) is 0. The molecule has 0 saturated carbocycles. The molecule has 0 rings (SSSR count). The van der Waals surface area contributed by atoms with Gasteiger partial charge in [-0.3, -0.25) is 0 Å². The van der Waals surface area contributed by atoms with Crippen molar-refractivity contribution >= 4 is 8.07 Å². The molecule has 0 aromatic rings. The molecule has 0 saturated heterocycles. The van der Waals surface area contributed by atoms with Gasteiger partial charge in [-0.05, 0) is 6.42 Å². The van der Waals surface area contributed by atoms with E-state index in [1.807, 2.05) is 0 Å². The molecule has 0 heterocycles. The van der Waals surface area contributed by atoms with E-state index < -0.39 is 8.07 Å². The Bertz CT molecular complexity index is 125. The summed E-state index contributed by atoms with van der Waals surface area (Å²) in [6.07, 6.45) is 7.70. The quantitative estimate of drug-likeness (QED) is 0.537. The standard InChI is InChI=1S/C11H24Si/c1-5-7-9-11-12(3,4)10-8-6-2/h9,11H,5-8,10H2,1-4H3/b11-9+. The summed E-state index contributed by atoms with van der Waals surface area (Å²) in [5.41, 5.74) is 2.52. The predicted molar refractivity (Wildman–Crippen MR) is 61.2 cm³/mol. The Hall–Kier alpha value is -0.0431. The summed E-state index contributed by atoms with van der Waals surface area (Å²) in [5, 5.41) is 0. The second-order valence-electron chi connectivity index (χ2n) is 4.28. The van der Waals surface area contributed by atoms with Gasteiger partial charge in [0.1, 0.15) is 0 Å². The topological polar surface area (TPSA) is 0 Å². The molecule has 0 radical (unpaired) electrons. The van der Waals surface area contributed by atoms with Crippen LogP contribution in [-0.4, -0.2) is 8.07 Å². The van der Waals surface area contributed by atoms with E-state index in [1.165, 1.54) is 31.7 Å². The van der Waals surface area contributed by atoms with Crippen molar-refractivity contribution in [2.75, 3.05) is 0 Å². The van der Waals surface area contributed by atoms with Gasteiger partial charge in [-0.25, -0.2) is 0 Å². The molecule has 0 N–H and O–H groups in total. The highest BCUT2D eigenvalue weighted by molar-refractivity contribution is 6.82. The third-order valence-electron chi connectivity index (χ3n) is 2.20. The van der Waals surface area contributed by atoms with Crippen molar-refractivity contribution in [2.45, 2.75) is 58.7 Å². The Balaban J connectivity index is 3.69. The lowest BCUT2D eigenvalue weighted by atomic mass is 10.3. The molecule has 0 fully saturated rings. The Morgan fingerprint density at radius 1 is 1.08 bits per heavy atom. The lowest BCUT2D eigenvalue weighted by Crippen LogP contribution is -2.21. The monoisotopic (exact) mass is 184 g/mol. The minimum Gasteiger partial charge on any atom is -0.0986 e. The highest BCUT2D eigenvalue weighted by Gasteiger charge is 2.14. The van der Waals surface area contributed by atoms with Crippen molar-refractivity contribution in [3.63, 3.8) is 0 Å². The summed E-state index contributed by atoms with van der Waals surface area (Å²) in [6, 6.07) is 1.46. The molecule has 0 unspecified atom stereocenters. The van der Waals surface area contributed by atoms with Gasteiger partial charge in [0.25, 0.3) is 0 Å². The highest BCUT2D eigenvalue weighted by Crippen LogP contribution is 2.15. The second-order valence-corrected chi connectivity index (χ2v) is 9.09. The lowest BCUT2D eigenvalue weighted by Gasteiger charge is -2.16. The van der Waals surface area contributed by atoms with Crippen LogP contribution in [0.5, 0.6) is 0 Å². The fraction of sp³-hybridized carbons (Fsp3) is 0.818. The van der Waals surface area contributed by atoms with Crippen molar-refractivity contribution in [3.05, 3.63) is 11.8 Å². The van der Waals surface area contributed by atoms with Crippen LogP contribution in [0.2, 0.25) is 19.1 Å². The first kappa shape index (κ1) is 12.0. The summed E-state index contributed by atoms with van der Waals surface area (Å²) < 4.78 is 0. The van der Waals surface area contributed by atoms with Crippen molar-refractivity contribution in [1.29, 1.82) is 0 Å². The van der Waals surface area contributed by atoms with Gasteiger partial charge >= 0.3 is 0 Å². The van der Waals surface area contributed by atoms with Crippen LogP contribution in [0.4, 0.5) is 0 Å². The molecule has 72 valence electrons. The van der Waals surface area contributed by atoms with Crippen LogP contribution < -0.4 is 0 Å². The molecular weight excluding hydrogens is 160 g/mol. The van der Waals surface area contributed by atoms with Gasteiger partial charge in [0, 0.05) is 0 Å². The van der Waals surface area contributed by atoms with E-state index in [1.54, 1.807) is 0 Å². The summed E-state index contributed by atoms with van der Waals surface area (Å²) in [5.74, 6) is 0. The first-order valence-corrected chi connectivity index (χ1v) is 8.58. The number of unbranched alkanes of at least 4 members (excludes halogenated alkanes) is 2. The van der Waals surface area contributed by atoms with E-state index in [0.29, 0.717) is 0 Å². The fourth-order valence-electron chi connectivity index (χ4n) is 1.28. The van der Waals surface area contributed by atoms with E-state index in [2.05, 4.69) is 38.7 Å². The number of rotatable bonds is 6. The van der Waals surface area contributed by atoms with Crippen LogP contribution in [0.3, 0.4) is 0 Å². The molecule has 0 aliphatic heterocycles. The average molecular weight is 184 g/mol. The van der Waals surface area contributed by atoms with E-state index in [9.17, 15) is 0 Å².